The smallest absolute Gasteiger partial charge is 0.278 e. The molecule has 1 amide bonds. The molecule has 5 heteroatoms. The fraction of sp³-hybridized carbons (Fsp3) is 0.190. The highest BCUT2D eigenvalue weighted by Crippen LogP contribution is 2.47. The van der Waals surface area contributed by atoms with E-state index in [1.165, 1.54) is 5.06 Å². The fourth-order valence-electron chi connectivity index (χ4n) is 3.84. The summed E-state index contributed by atoms with van der Waals surface area (Å²) in [6.45, 7) is 1.01. The Bertz CT molecular complexity index is 1000. The molecular formula is C21H16ClNO3. The molecule has 0 saturated carbocycles. The first kappa shape index (κ1) is 15.7. The molecule has 1 saturated heterocycles. The van der Waals surface area contributed by atoms with Gasteiger partial charge in [0.25, 0.3) is 5.91 Å². The van der Waals surface area contributed by atoms with Crippen LogP contribution in [0.15, 0.2) is 60.7 Å². The summed E-state index contributed by atoms with van der Waals surface area (Å²) >= 11 is 5.95. The molecular weight excluding hydrogens is 350 g/mol. The zero-order valence-electron chi connectivity index (χ0n) is 13.9. The number of carbonyl (C=O) groups is 1. The van der Waals surface area contributed by atoms with Crippen LogP contribution in [-0.2, 0) is 4.84 Å². The predicted octanol–water partition coefficient (Wildman–Crippen LogP) is 4.63. The van der Waals surface area contributed by atoms with Gasteiger partial charge in [-0.25, -0.2) is 5.06 Å². The Morgan fingerprint density at radius 3 is 2.65 bits per heavy atom. The number of fused-ring (bicyclic) bond motifs is 5. The Morgan fingerprint density at radius 1 is 1.00 bits per heavy atom. The molecule has 2 atom stereocenters. The number of halogens is 1. The second-order valence-corrected chi connectivity index (χ2v) is 7.08. The standard InChI is InChI=1S/C21H16ClNO3/c22-16-8-5-14(6-9-16)21(24)23-20-15(12-26-23)11-25-18-10-7-13-3-1-2-4-17(13)19(18)20/h1-10,15,20H,11-12H2/t15-,20-/m1/s1. The molecule has 1 fully saturated rings. The number of ether oxygens (including phenoxy) is 1. The van der Waals surface area contributed by atoms with E-state index in [0.717, 1.165) is 22.1 Å². The Kier molecular flexibility index (Phi) is 3.62. The molecule has 0 bridgehead atoms. The summed E-state index contributed by atoms with van der Waals surface area (Å²) in [6.07, 6.45) is 0. The molecule has 3 aromatic carbocycles. The molecule has 26 heavy (non-hydrogen) atoms. The van der Waals surface area contributed by atoms with Gasteiger partial charge in [0.05, 0.1) is 19.3 Å². The summed E-state index contributed by atoms with van der Waals surface area (Å²) in [6, 6.07) is 18.9. The quantitative estimate of drug-likeness (QED) is 0.631. The van der Waals surface area contributed by atoms with Gasteiger partial charge in [-0.2, -0.15) is 0 Å². The minimum atomic E-state index is -0.159. The monoisotopic (exact) mass is 365 g/mol. The molecule has 2 aliphatic heterocycles. The van der Waals surface area contributed by atoms with Crippen molar-refractivity contribution in [1.29, 1.82) is 0 Å². The Labute approximate surface area is 155 Å². The Morgan fingerprint density at radius 2 is 1.81 bits per heavy atom. The highest BCUT2D eigenvalue weighted by molar-refractivity contribution is 6.30. The van der Waals surface area contributed by atoms with E-state index in [9.17, 15) is 4.79 Å². The zero-order chi connectivity index (χ0) is 17.7. The van der Waals surface area contributed by atoms with Crippen molar-refractivity contribution < 1.29 is 14.4 Å². The lowest BCUT2D eigenvalue weighted by molar-refractivity contribution is -0.0965. The maximum atomic E-state index is 13.1. The number of hydrogen-bond donors (Lipinski definition) is 0. The number of hydroxylamine groups is 2. The lowest BCUT2D eigenvalue weighted by Crippen LogP contribution is -2.35. The number of carbonyl (C=O) groups excluding carboxylic acids is 1. The molecule has 2 heterocycles. The first-order chi connectivity index (χ1) is 12.7. The van der Waals surface area contributed by atoms with Gasteiger partial charge in [0.1, 0.15) is 5.75 Å². The first-order valence-electron chi connectivity index (χ1n) is 8.59. The topological polar surface area (TPSA) is 38.8 Å². The summed E-state index contributed by atoms with van der Waals surface area (Å²) in [5, 5.41) is 4.34. The maximum absolute atomic E-state index is 13.1. The highest BCUT2D eigenvalue weighted by atomic mass is 35.5. The van der Waals surface area contributed by atoms with Crippen LogP contribution in [-0.4, -0.2) is 24.2 Å². The molecule has 0 radical (unpaired) electrons. The average molecular weight is 366 g/mol. The summed E-state index contributed by atoms with van der Waals surface area (Å²) in [5.41, 5.74) is 1.59. The van der Waals surface area contributed by atoms with E-state index in [2.05, 4.69) is 18.2 Å². The molecule has 0 aromatic heterocycles. The minimum absolute atomic E-state index is 0.115. The van der Waals surface area contributed by atoms with Crippen LogP contribution in [0.5, 0.6) is 5.75 Å². The summed E-state index contributed by atoms with van der Waals surface area (Å²) in [7, 11) is 0. The second kappa shape index (κ2) is 6.01. The number of rotatable bonds is 1. The molecule has 3 aromatic rings. The maximum Gasteiger partial charge on any atom is 0.278 e. The normalized spacial score (nSPS) is 21.2. The van der Waals surface area contributed by atoms with Gasteiger partial charge in [0.15, 0.2) is 0 Å². The number of hydrogen-bond acceptors (Lipinski definition) is 3. The predicted molar refractivity (Wildman–Crippen MR) is 99.2 cm³/mol. The first-order valence-corrected chi connectivity index (χ1v) is 8.96. The van der Waals surface area contributed by atoms with Crippen LogP contribution >= 0.6 is 11.6 Å². The molecule has 5 rings (SSSR count). The SMILES string of the molecule is O=C(c1ccc(Cl)cc1)N1OC[C@H]2COc3ccc4ccccc4c3[C@@H]21. The van der Waals surface area contributed by atoms with Gasteiger partial charge in [-0.1, -0.05) is 41.9 Å². The van der Waals surface area contributed by atoms with Crippen LogP contribution in [0.2, 0.25) is 5.02 Å². The van der Waals surface area contributed by atoms with E-state index in [0.29, 0.717) is 23.8 Å². The van der Waals surface area contributed by atoms with E-state index >= 15 is 0 Å². The number of benzene rings is 3. The van der Waals surface area contributed by atoms with Crippen molar-refractivity contribution in [2.75, 3.05) is 13.2 Å². The zero-order valence-corrected chi connectivity index (χ0v) is 14.6. The minimum Gasteiger partial charge on any atom is -0.493 e. The average Bonchev–Trinajstić information content (AvgIpc) is 3.12. The van der Waals surface area contributed by atoms with E-state index < -0.39 is 0 Å². The summed E-state index contributed by atoms with van der Waals surface area (Å²) in [5.74, 6) is 0.781. The van der Waals surface area contributed by atoms with E-state index in [4.69, 9.17) is 21.2 Å². The molecule has 2 aliphatic rings. The second-order valence-electron chi connectivity index (χ2n) is 6.65. The summed E-state index contributed by atoms with van der Waals surface area (Å²) < 4.78 is 5.96. The van der Waals surface area contributed by atoms with Crippen molar-refractivity contribution in [3.63, 3.8) is 0 Å². The van der Waals surface area contributed by atoms with Crippen LogP contribution in [0.25, 0.3) is 10.8 Å². The Hall–Kier alpha value is -2.56. The van der Waals surface area contributed by atoms with Crippen molar-refractivity contribution in [3.8, 4) is 5.75 Å². The van der Waals surface area contributed by atoms with E-state index in [-0.39, 0.29) is 17.9 Å². The van der Waals surface area contributed by atoms with E-state index in [1.54, 1.807) is 24.3 Å². The largest absolute Gasteiger partial charge is 0.493 e. The Balaban J connectivity index is 1.62. The lowest BCUT2D eigenvalue weighted by atomic mass is 9.88. The number of amides is 1. The lowest BCUT2D eigenvalue weighted by Gasteiger charge is -2.32. The van der Waals surface area contributed by atoms with Crippen LogP contribution in [0.4, 0.5) is 0 Å². The highest BCUT2D eigenvalue weighted by Gasteiger charge is 2.45. The molecule has 0 aliphatic carbocycles. The van der Waals surface area contributed by atoms with Crippen molar-refractivity contribution in [3.05, 3.63) is 76.8 Å². The van der Waals surface area contributed by atoms with Gasteiger partial charge >= 0.3 is 0 Å². The van der Waals surface area contributed by atoms with Gasteiger partial charge in [-0.05, 0) is 41.1 Å². The van der Waals surface area contributed by atoms with Crippen molar-refractivity contribution >= 4 is 28.3 Å². The van der Waals surface area contributed by atoms with Gasteiger partial charge in [0.2, 0.25) is 0 Å². The van der Waals surface area contributed by atoms with Crippen LogP contribution in [0.3, 0.4) is 0 Å². The molecule has 0 N–H and O–H groups in total. The van der Waals surface area contributed by atoms with Crippen molar-refractivity contribution in [2.45, 2.75) is 6.04 Å². The van der Waals surface area contributed by atoms with Crippen LogP contribution in [0, 0.1) is 5.92 Å². The van der Waals surface area contributed by atoms with Gasteiger partial charge < -0.3 is 4.74 Å². The van der Waals surface area contributed by atoms with Crippen LogP contribution in [0.1, 0.15) is 22.0 Å². The third kappa shape index (κ3) is 2.37. The fourth-order valence-corrected chi connectivity index (χ4v) is 3.97. The van der Waals surface area contributed by atoms with Gasteiger partial charge in [-0.15, -0.1) is 0 Å². The van der Waals surface area contributed by atoms with E-state index in [1.807, 2.05) is 18.2 Å². The number of nitrogens with zero attached hydrogens (tertiary/aromatic N) is 1. The molecule has 4 nitrogen and oxygen atoms in total. The molecule has 130 valence electrons. The van der Waals surface area contributed by atoms with Crippen LogP contribution < -0.4 is 4.74 Å². The summed E-state index contributed by atoms with van der Waals surface area (Å²) in [4.78, 5) is 18.9. The molecule has 0 unspecified atom stereocenters. The van der Waals surface area contributed by atoms with Gasteiger partial charge in [-0.3, -0.25) is 9.63 Å². The van der Waals surface area contributed by atoms with Crippen molar-refractivity contribution in [2.24, 2.45) is 5.92 Å². The third-order valence-electron chi connectivity index (χ3n) is 5.10. The third-order valence-corrected chi connectivity index (χ3v) is 5.35. The van der Waals surface area contributed by atoms with Crippen molar-refractivity contribution in [1.82, 2.24) is 5.06 Å². The van der Waals surface area contributed by atoms with Gasteiger partial charge in [0, 0.05) is 22.1 Å². The molecule has 0 spiro atoms.